The summed E-state index contributed by atoms with van der Waals surface area (Å²) in [5.41, 5.74) is 1.76. The van der Waals surface area contributed by atoms with Crippen molar-refractivity contribution in [3.8, 4) is 0 Å². The molecule has 1 aromatic heterocycles. The molecule has 2 heterocycles. The van der Waals surface area contributed by atoms with Gasteiger partial charge in [0, 0.05) is 31.2 Å². The molecule has 1 fully saturated rings. The van der Waals surface area contributed by atoms with Crippen molar-refractivity contribution in [1.29, 1.82) is 0 Å². The number of nitrogens with zero attached hydrogens (tertiary/aromatic N) is 2. The predicted octanol–water partition coefficient (Wildman–Crippen LogP) is 2.90. The Morgan fingerprint density at radius 3 is 2.77 bits per heavy atom. The van der Waals surface area contributed by atoms with Crippen LogP contribution in [0, 0.1) is 5.92 Å². The molecule has 5 heteroatoms. The summed E-state index contributed by atoms with van der Waals surface area (Å²) >= 11 is 0. The quantitative estimate of drug-likeness (QED) is 0.740. The van der Waals surface area contributed by atoms with Crippen molar-refractivity contribution >= 4 is 28.3 Å². The van der Waals surface area contributed by atoms with Crippen molar-refractivity contribution in [3.63, 3.8) is 0 Å². The number of carbonyl (C=O) groups is 2. The zero-order chi connectivity index (χ0) is 17.9. The number of amides is 2. The van der Waals surface area contributed by atoms with Crippen LogP contribution >= 0.6 is 0 Å². The predicted molar refractivity (Wildman–Crippen MR) is 100 cm³/mol. The van der Waals surface area contributed by atoms with Crippen molar-refractivity contribution in [3.05, 3.63) is 72.6 Å². The third-order valence-corrected chi connectivity index (χ3v) is 4.76. The summed E-state index contributed by atoms with van der Waals surface area (Å²) in [6.45, 7) is 0.939. The first-order valence-corrected chi connectivity index (χ1v) is 8.69. The molecule has 1 aliphatic rings. The van der Waals surface area contributed by atoms with Crippen LogP contribution in [0.4, 0.5) is 5.69 Å². The Balaban J connectivity index is 1.45. The minimum Gasteiger partial charge on any atom is -0.351 e. The Morgan fingerprint density at radius 2 is 1.96 bits per heavy atom. The SMILES string of the molecule is O=C(NCc1cccnc1)C1CCN(c2ccc3ccccc3c2)C1=O. The van der Waals surface area contributed by atoms with E-state index in [-0.39, 0.29) is 11.8 Å². The molecule has 5 nitrogen and oxygen atoms in total. The Bertz CT molecular complexity index is 956. The van der Waals surface area contributed by atoms with Gasteiger partial charge >= 0.3 is 0 Å². The lowest BCUT2D eigenvalue weighted by atomic mass is 10.1. The first-order chi connectivity index (χ1) is 12.7. The maximum Gasteiger partial charge on any atom is 0.239 e. The highest BCUT2D eigenvalue weighted by molar-refractivity contribution is 6.10. The maximum absolute atomic E-state index is 12.7. The highest BCUT2D eigenvalue weighted by Crippen LogP contribution is 2.28. The van der Waals surface area contributed by atoms with E-state index in [2.05, 4.69) is 10.3 Å². The third kappa shape index (κ3) is 3.16. The largest absolute Gasteiger partial charge is 0.351 e. The van der Waals surface area contributed by atoms with E-state index in [0.717, 1.165) is 22.0 Å². The van der Waals surface area contributed by atoms with Gasteiger partial charge in [0.1, 0.15) is 5.92 Å². The number of hydrogen-bond acceptors (Lipinski definition) is 3. The third-order valence-electron chi connectivity index (χ3n) is 4.76. The molecule has 3 aromatic rings. The number of nitrogens with one attached hydrogen (secondary N) is 1. The van der Waals surface area contributed by atoms with Crippen LogP contribution in [-0.4, -0.2) is 23.3 Å². The number of fused-ring (bicyclic) bond motifs is 1. The maximum atomic E-state index is 12.7. The molecule has 0 saturated carbocycles. The van der Waals surface area contributed by atoms with Crippen LogP contribution in [0.2, 0.25) is 0 Å². The number of pyridine rings is 1. The number of benzene rings is 2. The molecule has 1 unspecified atom stereocenters. The van der Waals surface area contributed by atoms with Crippen LogP contribution in [0.15, 0.2) is 67.0 Å². The van der Waals surface area contributed by atoms with Gasteiger partial charge in [-0.05, 0) is 41.0 Å². The molecule has 4 rings (SSSR count). The van der Waals surface area contributed by atoms with Gasteiger partial charge in [-0.3, -0.25) is 14.6 Å². The van der Waals surface area contributed by atoms with Crippen molar-refractivity contribution in [1.82, 2.24) is 10.3 Å². The van der Waals surface area contributed by atoms with E-state index in [1.54, 1.807) is 17.3 Å². The summed E-state index contributed by atoms with van der Waals surface area (Å²) < 4.78 is 0. The molecule has 0 aliphatic carbocycles. The van der Waals surface area contributed by atoms with Crippen LogP contribution in [0.3, 0.4) is 0 Å². The average Bonchev–Trinajstić information content (AvgIpc) is 3.08. The second-order valence-corrected chi connectivity index (χ2v) is 6.44. The number of rotatable bonds is 4. The lowest BCUT2D eigenvalue weighted by Crippen LogP contribution is -2.36. The zero-order valence-electron chi connectivity index (χ0n) is 14.3. The average molecular weight is 345 g/mol. The lowest BCUT2D eigenvalue weighted by Gasteiger charge is -2.17. The number of aromatic nitrogens is 1. The molecule has 0 radical (unpaired) electrons. The van der Waals surface area contributed by atoms with Crippen molar-refractivity contribution in [2.75, 3.05) is 11.4 Å². The Kier molecular flexibility index (Phi) is 4.35. The number of hydrogen-bond donors (Lipinski definition) is 1. The number of carbonyl (C=O) groups excluding carboxylic acids is 2. The highest BCUT2D eigenvalue weighted by Gasteiger charge is 2.37. The number of anilines is 1. The van der Waals surface area contributed by atoms with E-state index in [1.807, 2.05) is 54.6 Å². The fourth-order valence-corrected chi connectivity index (χ4v) is 3.34. The first-order valence-electron chi connectivity index (χ1n) is 8.69. The van der Waals surface area contributed by atoms with Gasteiger partial charge in [-0.2, -0.15) is 0 Å². The molecular weight excluding hydrogens is 326 g/mol. The smallest absolute Gasteiger partial charge is 0.239 e. The Labute approximate surface area is 151 Å². The molecule has 1 N–H and O–H groups in total. The Hall–Kier alpha value is -3.21. The second-order valence-electron chi connectivity index (χ2n) is 6.44. The van der Waals surface area contributed by atoms with Gasteiger partial charge in [0.05, 0.1) is 0 Å². The van der Waals surface area contributed by atoms with E-state index in [1.165, 1.54) is 0 Å². The monoisotopic (exact) mass is 345 g/mol. The van der Waals surface area contributed by atoms with E-state index < -0.39 is 5.92 Å². The van der Waals surface area contributed by atoms with Gasteiger partial charge in [0.25, 0.3) is 0 Å². The first kappa shape index (κ1) is 16.3. The summed E-state index contributed by atoms with van der Waals surface area (Å²) in [6, 6.07) is 17.7. The van der Waals surface area contributed by atoms with Gasteiger partial charge < -0.3 is 10.2 Å². The van der Waals surface area contributed by atoms with E-state index in [9.17, 15) is 9.59 Å². The zero-order valence-corrected chi connectivity index (χ0v) is 14.3. The van der Waals surface area contributed by atoms with Crippen LogP contribution in [0.25, 0.3) is 10.8 Å². The molecule has 0 bridgehead atoms. The summed E-state index contributed by atoms with van der Waals surface area (Å²) in [5, 5.41) is 5.06. The molecule has 2 amide bonds. The Morgan fingerprint density at radius 1 is 1.12 bits per heavy atom. The van der Waals surface area contributed by atoms with Gasteiger partial charge in [-0.25, -0.2) is 0 Å². The fraction of sp³-hybridized carbons (Fsp3) is 0.190. The van der Waals surface area contributed by atoms with Gasteiger partial charge in [-0.15, -0.1) is 0 Å². The molecule has 2 aromatic carbocycles. The van der Waals surface area contributed by atoms with E-state index in [0.29, 0.717) is 19.5 Å². The minimum atomic E-state index is -0.627. The second kappa shape index (κ2) is 6.96. The van der Waals surface area contributed by atoms with Crippen LogP contribution in [0.5, 0.6) is 0 Å². The van der Waals surface area contributed by atoms with Gasteiger partial charge in [-0.1, -0.05) is 36.4 Å². The van der Waals surface area contributed by atoms with Crippen LogP contribution in [-0.2, 0) is 16.1 Å². The molecule has 1 saturated heterocycles. The molecule has 130 valence electrons. The van der Waals surface area contributed by atoms with E-state index in [4.69, 9.17) is 0 Å². The molecule has 26 heavy (non-hydrogen) atoms. The highest BCUT2D eigenvalue weighted by atomic mass is 16.2. The standard InChI is InChI=1S/C21H19N3O2/c25-20(23-14-15-4-3-10-22-13-15)19-9-11-24(21(19)26)18-8-7-16-5-1-2-6-17(16)12-18/h1-8,10,12-13,19H,9,11,14H2,(H,23,25). The molecule has 1 aliphatic heterocycles. The van der Waals surface area contributed by atoms with Crippen molar-refractivity contribution in [2.24, 2.45) is 5.92 Å². The minimum absolute atomic E-state index is 0.135. The van der Waals surface area contributed by atoms with Crippen molar-refractivity contribution < 1.29 is 9.59 Å². The topological polar surface area (TPSA) is 62.3 Å². The lowest BCUT2D eigenvalue weighted by molar-refractivity contribution is -0.132. The van der Waals surface area contributed by atoms with E-state index >= 15 is 0 Å². The fourth-order valence-electron chi connectivity index (χ4n) is 3.34. The molecular formula is C21H19N3O2. The molecule has 0 spiro atoms. The summed E-state index contributed by atoms with van der Waals surface area (Å²) in [7, 11) is 0. The van der Waals surface area contributed by atoms with Crippen LogP contribution in [0.1, 0.15) is 12.0 Å². The van der Waals surface area contributed by atoms with Crippen LogP contribution < -0.4 is 10.2 Å². The van der Waals surface area contributed by atoms with Crippen molar-refractivity contribution in [2.45, 2.75) is 13.0 Å². The summed E-state index contributed by atoms with van der Waals surface area (Å²) in [4.78, 5) is 30.9. The van der Waals surface area contributed by atoms with Gasteiger partial charge in [0.2, 0.25) is 11.8 Å². The summed E-state index contributed by atoms with van der Waals surface area (Å²) in [6.07, 6.45) is 3.93. The summed E-state index contributed by atoms with van der Waals surface area (Å²) in [5.74, 6) is -0.982. The normalized spacial score (nSPS) is 16.8. The van der Waals surface area contributed by atoms with Gasteiger partial charge in [0.15, 0.2) is 0 Å². The molecule has 1 atom stereocenters.